The smallest absolute Gasteiger partial charge is 0.421 e. The van der Waals surface area contributed by atoms with Gasteiger partial charge < -0.3 is 5.11 Å². The minimum atomic E-state index is -3.01. The number of carboxylic acids is 1. The van der Waals surface area contributed by atoms with E-state index in [1.54, 1.807) is 0 Å². The van der Waals surface area contributed by atoms with Crippen LogP contribution in [0.5, 0.6) is 0 Å². The predicted molar refractivity (Wildman–Crippen MR) is 51.2 cm³/mol. The van der Waals surface area contributed by atoms with Crippen LogP contribution in [0.1, 0.15) is 0 Å². The third-order valence-electron chi connectivity index (χ3n) is 2.18. The molecule has 0 amide bonds. The van der Waals surface area contributed by atoms with E-state index in [1.807, 2.05) is 0 Å². The normalized spacial score (nSPS) is 32.3. The minimum Gasteiger partial charge on any atom is -0.475 e. The highest BCUT2D eigenvalue weighted by molar-refractivity contribution is 6.27. The van der Waals surface area contributed by atoms with E-state index in [0.29, 0.717) is 12.2 Å². The molecular formula is C7H5ClN2O6. The molecule has 2 atom stereocenters. The number of rotatable bonds is 3. The first-order valence-corrected chi connectivity index (χ1v) is 4.25. The van der Waals surface area contributed by atoms with Crippen molar-refractivity contribution in [2.24, 2.45) is 0 Å². The van der Waals surface area contributed by atoms with Crippen molar-refractivity contribution in [1.29, 1.82) is 0 Å². The maximum atomic E-state index is 10.9. The largest absolute Gasteiger partial charge is 0.475 e. The van der Waals surface area contributed by atoms with Crippen molar-refractivity contribution in [3.63, 3.8) is 0 Å². The summed E-state index contributed by atoms with van der Waals surface area (Å²) in [6.45, 7) is 0. The quantitative estimate of drug-likeness (QED) is 0.334. The Hall–Kier alpha value is -1.96. The van der Waals surface area contributed by atoms with E-state index in [1.165, 1.54) is 0 Å². The second kappa shape index (κ2) is 3.56. The van der Waals surface area contributed by atoms with E-state index >= 15 is 0 Å². The molecule has 1 N–H and O–H groups in total. The Morgan fingerprint density at radius 2 is 1.69 bits per heavy atom. The maximum Gasteiger partial charge on any atom is 0.421 e. The monoisotopic (exact) mass is 248 g/mol. The molecule has 0 aromatic heterocycles. The highest BCUT2D eigenvalue weighted by Crippen LogP contribution is 2.38. The molecular weight excluding hydrogens is 244 g/mol. The molecule has 86 valence electrons. The summed E-state index contributed by atoms with van der Waals surface area (Å²) >= 11 is 5.46. The van der Waals surface area contributed by atoms with Crippen molar-refractivity contribution in [2.45, 2.75) is 10.5 Å². The van der Waals surface area contributed by atoms with E-state index in [4.69, 9.17) is 16.7 Å². The van der Waals surface area contributed by atoms with Crippen molar-refractivity contribution in [2.75, 3.05) is 0 Å². The van der Waals surface area contributed by atoms with E-state index in [-0.39, 0.29) is 0 Å². The van der Waals surface area contributed by atoms with Gasteiger partial charge in [-0.05, 0) is 11.6 Å². The standard InChI is InChI=1S/C7H5ClN2O6/c8-7(10(15)16)4-2-1-3-6(7,5(11)12)9(13)14/h1-4H,(H,11,12). The lowest BCUT2D eigenvalue weighted by Gasteiger charge is -2.26. The average molecular weight is 249 g/mol. The Balaban J connectivity index is 3.53. The van der Waals surface area contributed by atoms with Gasteiger partial charge in [0.1, 0.15) is 0 Å². The molecule has 0 spiro atoms. The van der Waals surface area contributed by atoms with E-state index in [0.717, 1.165) is 12.2 Å². The van der Waals surface area contributed by atoms with Crippen LogP contribution in [-0.4, -0.2) is 31.5 Å². The number of alkyl halides is 1. The molecule has 0 aromatic carbocycles. The molecule has 16 heavy (non-hydrogen) atoms. The Labute approximate surface area is 93.1 Å². The summed E-state index contributed by atoms with van der Waals surface area (Å²) in [7, 11) is 0. The zero-order chi connectivity index (χ0) is 12.6. The SMILES string of the molecule is O=C(O)C1([N+](=O)[O-])C=CC=CC1(Cl)[N+](=O)[O-]. The zero-order valence-electron chi connectivity index (χ0n) is 7.57. The molecule has 0 aromatic rings. The first kappa shape index (κ1) is 12.1. The fourth-order valence-electron chi connectivity index (χ4n) is 1.31. The van der Waals surface area contributed by atoms with Crippen LogP contribution in [0.25, 0.3) is 0 Å². The molecule has 1 aliphatic carbocycles. The number of aliphatic carboxylic acids is 1. The maximum absolute atomic E-state index is 10.9. The van der Waals surface area contributed by atoms with E-state index in [2.05, 4.69) is 0 Å². The molecule has 1 aliphatic rings. The van der Waals surface area contributed by atoms with Gasteiger partial charge >= 0.3 is 16.5 Å². The summed E-state index contributed by atoms with van der Waals surface area (Å²) in [5.74, 6) is -2.00. The lowest BCUT2D eigenvalue weighted by atomic mass is 9.86. The Morgan fingerprint density at radius 1 is 1.19 bits per heavy atom. The molecule has 2 unspecified atom stereocenters. The van der Waals surface area contributed by atoms with Gasteiger partial charge in [0.15, 0.2) is 0 Å². The van der Waals surface area contributed by atoms with Crippen LogP contribution in [0.2, 0.25) is 0 Å². The summed E-state index contributed by atoms with van der Waals surface area (Å²) in [5.41, 5.74) is -3.01. The molecule has 0 aliphatic heterocycles. The summed E-state index contributed by atoms with van der Waals surface area (Å²) in [5, 5.41) is 30.3. The van der Waals surface area contributed by atoms with Crippen LogP contribution in [0, 0.1) is 20.2 Å². The molecule has 1 rings (SSSR count). The van der Waals surface area contributed by atoms with Crippen LogP contribution in [0.3, 0.4) is 0 Å². The summed E-state index contributed by atoms with van der Waals surface area (Å²) in [6, 6.07) is 0. The zero-order valence-corrected chi connectivity index (χ0v) is 8.33. The van der Waals surface area contributed by atoms with Gasteiger partial charge in [-0.3, -0.25) is 20.2 Å². The van der Waals surface area contributed by atoms with Gasteiger partial charge in [-0.1, -0.05) is 12.2 Å². The number of nitro groups is 2. The molecule has 9 heteroatoms. The lowest BCUT2D eigenvalue weighted by Crippen LogP contribution is -2.63. The first-order chi connectivity index (χ1) is 7.29. The molecule has 0 radical (unpaired) electrons. The minimum absolute atomic E-state index is 0.588. The van der Waals surface area contributed by atoms with Crippen LogP contribution < -0.4 is 0 Å². The highest BCUT2D eigenvalue weighted by Gasteiger charge is 2.74. The predicted octanol–water partition coefficient (Wildman–Crippen LogP) is 0.424. The molecule has 0 heterocycles. The number of hydrogen-bond acceptors (Lipinski definition) is 5. The van der Waals surface area contributed by atoms with Gasteiger partial charge in [-0.2, -0.15) is 0 Å². The van der Waals surface area contributed by atoms with E-state index in [9.17, 15) is 25.0 Å². The lowest BCUT2D eigenvalue weighted by molar-refractivity contribution is -0.635. The van der Waals surface area contributed by atoms with Gasteiger partial charge in [-0.15, -0.1) is 0 Å². The van der Waals surface area contributed by atoms with Crippen molar-refractivity contribution >= 4 is 17.6 Å². The summed E-state index contributed by atoms with van der Waals surface area (Å²) < 4.78 is 0. The van der Waals surface area contributed by atoms with Crippen molar-refractivity contribution < 1.29 is 19.7 Å². The van der Waals surface area contributed by atoms with Crippen LogP contribution in [-0.2, 0) is 4.79 Å². The number of halogens is 1. The van der Waals surface area contributed by atoms with Gasteiger partial charge in [0, 0.05) is 12.2 Å². The Morgan fingerprint density at radius 3 is 2.00 bits per heavy atom. The molecule has 8 nitrogen and oxygen atoms in total. The molecule has 0 saturated heterocycles. The second-order valence-corrected chi connectivity index (χ2v) is 3.55. The highest BCUT2D eigenvalue weighted by atomic mass is 35.5. The number of hydrogen-bond donors (Lipinski definition) is 1. The number of carbonyl (C=O) groups is 1. The topological polar surface area (TPSA) is 124 Å². The number of carboxylic acid groups (broad SMARTS) is 1. The fourth-order valence-corrected chi connectivity index (χ4v) is 1.60. The summed E-state index contributed by atoms with van der Waals surface area (Å²) in [6.07, 6.45) is 3.37. The van der Waals surface area contributed by atoms with E-state index < -0.39 is 26.4 Å². The van der Waals surface area contributed by atoms with Crippen molar-refractivity contribution in [1.82, 2.24) is 0 Å². The van der Waals surface area contributed by atoms with Crippen molar-refractivity contribution in [3.05, 3.63) is 44.5 Å². The third-order valence-corrected chi connectivity index (χ3v) is 2.73. The first-order valence-electron chi connectivity index (χ1n) is 3.87. The van der Waals surface area contributed by atoms with Crippen LogP contribution in [0.4, 0.5) is 0 Å². The molecule has 0 fully saturated rings. The summed E-state index contributed by atoms with van der Waals surface area (Å²) in [4.78, 5) is 27.1. The van der Waals surface area contributed by atoms with Crippen LogP contribution in [0.15, 0.2) is 24.3 Å². The fraction of sp³-hybridized carbons (Fsp3) is 0.286. The van der Waals surface area contributed by atoms with Gasteiger partial charge in [0.25, 0.3) is 0 Å². The Kier molecular flexibility index (Phi) is 2.70. The van der Waals surface area contributed by atoms with Gasteiger partial charge in [-0.25, -0.2) is 4.79 Å². The molecule has 0 saturated carbocycles. The second-order valence-electron chi connectivity index (χ2n) is 2.98. The van der Waals surface area contributed by atoms with Crippen molar-refractivity contribution in [3.8, 4) is 0 Å². The average Bonchev–Trinajstić information content (AvgIpc) is 2.17. The van der Waals surface area contributed by atoms with Crippen LogP contribution >= 0.6 is 11.6 Å². The number of allylic oxidation sites excluding steroid dienone is 2. The Bertz CT molecular complexity index is 417. The van der Waals surface area contributed by atoms with Gasteiger partial charge in [0.2, 0.25) is 0 Å². The third kappa shape index (κ3) is 1.27. The van der Waals surface area contributed by atoms with Gasteiger partial charge in [0.05, 0.1) is 9.85 Å². The number of nitrogens with zero attached hydrogens (tertiary/aromatic N) is 2. The molecule has 0 bridgehead atoms.